The zero-order valence-corrected chi connectivity index (χ0v) is 16.8. The predicted molar refractivity (Wildman–Crippen MR) is 118 cm³/mol. The Morgan fingerprint density at radius 1 is 1.20 bits per heavy atom. The smallest absolute Gasteiger partial charge is 0.337 e. The van der Waals surface area contributed by atoms with Gasteiger partial charge in [-0.2, -0.15) is 5.10 Å². The number of carboxylic acids is 1. The summed E-state index contributed by atoms with van der Waals surface area (Å²) >= 11 is 0. The van der Waals surface area contributed by atoms with Crippen LogP contribution in [-0.2, 0) is 7.05 Å². The van der Waals surface area contributed by atoms with Gasteiger partial charge in [0, 0.05) is 37.1 Å². The van der Waals surface area contributed by atoms with Crippen LogP contribution < -0.4 is 4.90 Å². The summed E-state index contributed by atoms with van der Waals surface area (Å²) in [5.74, 6) is -0.982. The van der Waals surface area contributed by atoms with E-state index >= 15 is 0 Å². The number of fused-ring (bicyclic) bond motifs is 2. The molecule has 4 aromatic rings. The number of pyridine rings is 1. The molecule has 0 bridgehead atoms. The molecule has 30 heavy (non-hydrogen) atoms. The molecular weight excluding hydrogens is 378 g/mol. The summed E-state index contributed by atoms with van der Waals surface area (Å²) in [4.78, 5) is 21.3. The van der Waals surface area contributed by atoms with Gasteiger partial charge in [0.25, 0.3) is 0 Å². The molecule has 0 aliphatic heterocycles. The third-order valence-corrected chi connectivity index (χ3v) is 5.57. The van der Waals surface area contributed by atoms with Crippen LogP contribution in [0.5, 0.6) is 0 Å². The number of nitrogens with zero attached hydrogens (tertiary/aromatic N) is 4. The summed E-state index contributed by atoms with van der Waals surface area (Å²) < 4.78 is 1.82. The Kier molecular flexibility index (Phi) is 4.17. The molecule has 0 saturated heterocycles. The Hall–Kier alpha value is -3.87. The summed E-state index contributed by atoms with van der Waals surface area (Å²) in [6.07, 6.45) is 10.2. The van der Waals surface area contributed by atoms with Crippen molar-refractivity contribution in [3.05, 3.63) is 66.0 Å². The third kappa shape index (κ3) is 2.86. The molecule has 7 heteroatoms. The molecule has 0 radical (unpaired) electrons. The molecule has 2 N–H and O–H groups in total. The predicted octanol–water partition coefficient (Wildman–Crippen LogP) is 4.48. The van der Waals surface area contributed by atoms with Crippen LogP contribution >= 0.6 is 0 Å². The van der Waals surface area contributed by atoms with Crippen molar-refractivity contribution in [1.29, 1.82) is 0 Å². The zero-order chi connectivity index (χ0) is 20.8. The maximum Gasteiger partial charge on any atom is 0.337 e. The van der Waals surface area contributed by atoms with Crippen LogP contribution in [-0.4, -0.2) is 37.9 Å². The van der Waals surface area contributed by atoms with Crippen molar-refractivity contribution in [2.75, 3.05) is 11.9 Å². The van der Waals surface area contributed by atoms with Crippen LogP contribution in [0.4, 0.5) is 5.69 Å². The monoisotopic (exact) mass is 399 g/mol. The molecule has 1 aromatic carbocycles. The van der Waals surface area contributed by atoms with Crippen molar-refractivity contribution < 1.29 is 9.90 Å². The number of H-pyrrole nitrogens is 1. The van der Waals surface area contributed by atoms with E-state index in [1.165, 1.54) is 18.0 Å². The molecule has 0 amide bonds. The fraction of sp³-hybridized carbons (Fsp3) is 0.174. The molecule has 0 fully saturated rings. The maximum absolute atomic E-state index is 11.5. The van der Waals surface area contributed by atoms with E-state index in [0.717, 1.165) is 40.8 Å². The molecule has 5 rings (SSSR count). The molecule has 3 aromatic heterocycles. The van der Waals surface area contributed by atoms with Crippen molar-refractivity contribution in [3.63, 3.8) is 0 Å². The summed E-state index contributed by atoms with van der Waals surface area (Å²) in [5.41, 5.74) is 6.14. The van der Waals surface area contributed by atoms with Crippen molar-refractivity contribution in [3.8, 4) is 11.4 Å². The first-order valence-electron chi connectivity index (χ1n) is 9.81. The van der Waals surface area contributed by atoms with Crippen LogP contribution in [0.25, 0.3) is 33.3 Å². The van der Waals surface area contributed by atoms with E-state index in [-0.39, 0.29) is 5.56 Å². The number of rotatable bonds is 4. The van der Waals surface area contributed by atoms with E-state index in [1.807, 2.05) is 17.8 Å². The van der Waals surface area contributed by atoms with Crippen molar-refractivity contribution >= 4 is 33.6 Å². The van der Waals surface area contributed by atoms with Crippen LogP contribution in [0.3, 0.4) is 0 Å². The highest BCUT2D eigenvalue weighted by Crippen LogP contribution is 2.33. The number of likely N-dealkylation sites (N-methyl/N-ethyl adjacent to an activating group) is 1. The number of hydrogen-bond acceptors (Lipinski definition) is 4. The second-order valence-corrected chi connectivity index (χ2v) is 7.45. The minimum Gasteiger partial charge on any atom is -0.478 e. The zero-order valence-electron chi connectivity index (χ0n) is 16.8. The normalized spacial score (nSPS) is 13.7. The Morgan fingerprint density at radius 2 is 2.07 bits per heavy atom. The Labute approximate surface area is 173 Å². The average molecular weight is 399 g/mol. The number of allylic oxidation sites excluding steroid dienone is 3. The Balaban J connectivity index is 1.61. The lowest BCUT2D eigenvalue weighted by molar-refractivity contribution is 0.0698. The number of anilines is 1. The van der Waals surface area contributed by atoms with Crippen molar-refractivity contribution in [2.45, 2.75) is 12.8 Å². The number of aryl methyl sites for hydroxylation is 1. The van der Waals surface area contributed by atoms with E-state index in [9.17, 15) is 9.90 Å². The van der Waals surface area contributed by atoms with E-state index in [0.29, 0.717) is 11.0 Å². The fourth-order valence-electron chi connectivity index (χ4n) is 4.05. The van der Waals surface area contributed by atoms with Gasteiger partial charge >= 0.3 is 5.97 Å². The van der Waals surface area contributed by atoms with E-state index < -0.39 is 5.97 Å². The maximum atomic E-state index is 11.5. The van der Waals surface area contributed by atoms with Gasteiger partial charge in [0.05, 0.1) is 33.5 Å². The molecule has 0 spiro atoms. The van der Waals surface area contributed by atoms with Gasteiger partial charge in [0.2, 0.25) is 0 Å². The molecule has 0 unspecified atom stereocenters. The first-order valence-corrected chi connectivity index (χ1v) is 9.81. The number of hydrogen-bond donors (Lipinski definition) is 2. The second kappa shape index (κ2) is 6.88. The van der Waals surface area contributed by atoms with E-state index in [1.54, 1.807) is 0 Å². The standard InChI is InChI=1S/C23H21N5O2/c1-27(14-6-4-3-5-7-14)15-8-9-16-18(12-15)26-28(2)22(16)20-13-19-21(25-20)17(23(29)30)10-11-24-19/h4,6-13,25H,3,5H2,1-2H3,(H,29,30). The molecule has 1 aliphatic rings. The van der Waals surface area contributed by atoms with Gasteiger partial charge in [-0.05, 0) is 49.2 Å². The summed E-state index contributed by atoms with van der Waals surface area (Å²) in [6.45, 7) is 0. The lowest BCUT2D eigenvalue weighted by Gasteiger charge is -2.22. The minimum absolute atomic E-state index is 0.204. The van der Waals surface area contributed by atoms with E-state index in [4.69, 9.17) is 5.10 Å². The number of aromatic nitrogens is 4. The largest absolute Gasteiger partial charge is 0.478 e. The Bertz CT molecular complexity index is 1360. The molecule has 7 nitrogen and oxygen atoms in total. The lowest BCUT2D eigenvalue weighted by Crippen LogP contribution is -2.15. The van der Waals surface area contributed by atoms with Gasteiger partial charge in [-0.15, -0.1) is 0 Å². The number of aromatic amines is 1. The summed E-state index contributed by atoms with van der Waals surface area (Å²) in [7, 11) is 3.95. The number of nitrogens with one attached hydrogen (secondary N) is 1. The highest BCUT2D eigenvalue weighted by molar-refractivity contribution is 6.03. The van der Waals surface area contributed by atoms with Crippen molar-refractivity contribution in [1.82, 2.24) is 19.7 Å². The van der Waals surface area contributed by atoms with Gasteiger partial charge in [-0.3, -0.25) is 9.67 Å². The van der Waals surface area contributed by atoms with Gasteiger partial charge < -0.3 is 15.0 Å². The first-order chi connectivity index (χ1) is 14.5. The summed E-state index contributed by atoms with van der Waals surface area (Å²) in [5, 5.41) is 15.2. The average Bonchev–Trinajstić information content (AvgIpc) is 3.32. The molecule has 3 heterocycles. The molecule has 0 saturated carbocycles. The SMILES string of the molecule is CN(C1=CCCC=C1)c1ccc2c(-c3cc4nccc(C(=O)O)c4[nH]3)n(C)nc2c1. The third-order valence-electron chi connectivity index (χ3n) is 5.57. The number of benzene rings is 1. The number of carbonyl (C=O) groups is 1. The van der Waals surface area contributed by atoms with Gasteiger partial charge in [0.15, 0.2) is 0 Å². The van der Waals surface area contributed by atoms with Crippen LogP contribution in [0.1, 0.15) is 23.2 Å². The minimum atomic E-state index is -0.982. The second-order valence-electron chi connectivity index (χ2n) is 7.45. The fourth-order valence-corrected chi connectivity index (χ4v) is 4.05. The van der Waals surface area contributed by atoms with Crippen LogP contribution in [0, 0.1) is 0 Å². The molecule has 0 atom stereocenters. The lowest BCUT2D eigenvalue weighted by atomic mass is 10.1. The highest BCUT2D eigenvalue weighted by Gasteiger charge is 2.18. The number of carboxylic acid groups (broad SMARTS) is 1. The quantitative estimate of drug-likeness (QED) is 0.528. The van der Waals surface area contributed by atoms with Gasteiger partial charge in [-0.1, -0.05) is 12.2 Å². The molecule has 1 aliphatic carbocycles. The summed E-state index contributed by atoms with van der Waals surface area (Å²) in [6, 6.07) is 9.60. The highest BCUT2D eigenvalue weighted by atomic mass is 16.4. The first kappa shape index (κ1) is 18.2. The molecular formula is C23H21N5O2. The van der Waals surface area contributed by atoms with Crippen LogP contribution in [0.2, 0.25) is 0 Å². The van der Waals surface area contributed by atoms with Gasteiger partial charge in [-0.25, -0.2) is 4.79 Å². The van der Waals surface area contributed by atoms with Crippen molar-refractivity contribution in [2.24, 2.45) is 7.05 Å². The Morgan fingerprint density at radius 3 is 2.83 bits per heavy atom. The van der Waals surface area contributed by atoms with Gasteiger partial charge in [0.1, 0.15) is 0 Å². The van der Waals surface area contributed by atoms with E-state index in [2.05, 4.69) is 58.3 Å². The topological polar surface area (TPSA) is 87.0 Å². The van der Waals surface area contributed by atoms with Crippen LogP contribution in [0.15, 0.2) is 60.5 Å². The number of aromatic carboxylic acids is 1. The molecule has 150 valence electrons.